The quantitative estimate of drug-likeness (QED) is 0.627. The maximum absolute atomic E-state index is 14.4. The molecule has 1 fully saturated rings. The highest BCUT2D eigenvalue weighted by molar-refractivity contribution is 5.41. The molecule has 0 saturated carbocycles. The zero-order valence-electron chi connectivity index (χ0n) is 16.5. The van der Waals surface area contributed by atoms with Crippen molar-refractivity contribution in [3.63, 3.8) is 0 Å². The summed E-state index contributed by atoms with van der Waals surface area (Å²) in [7, 11) is 1.13. The van der Waals surface area contributed by atoms with E-state index in [0.717, 1.165) is 37.4 Å². The van der Waals surface area contributed by atoms with Crippen LogP contribution in [0.25, 0.3) is 0 Å². The Morgan fingerprint density at radius 2 is 1.61 bits per heavy atom. The van der Waals surface area contributed by atoms with E-state index in [1.54, 1.807) is 0 Å². The van der Waals surface area contributed by atoms with E-state index in [9.17, 15) is 37.3 Å². The minimum absolute atomic E-state index is 0.0858. The van der Waals surface area contributed by atoms with Crippen molar-refractivity contribution >= 4 is 0 Å². The second-order valence-electron chi connectivity index (χ2n) is 7.38. The van der Waals surface area contributed by atoms with E-state index in [4.69, 9.17) is 4.74 Å². The number of rotatable bonds is 4. The van der Waals surface area contributed by atoms with Crippen LogP contribution in [0.15, 0.2) is 30.3 Å². The minimum atomic E-state index is -4.77. The lowest BCUT2D eigenvalue weighted by Crippen LogP contribution is -2.53. The standard InChI is InChI=1S/C21H21F5O5/c1-9-17(27)18(28)19(29)20(31-9)11-3-5-13(21(24,25)26)12(8-11)7-10-4-6-14(30-2)16(23)15(10)22/h3-6,8-9,17-20,27-29H,7H2,1-2H3/t9-,17-,18?,19-,20+/m1/s1. The molecule has 0 spiro atoms. The highest BCUT2D eigenvalue weighted by Crippen LogP contribution is 2.38. The molecule has 1 aliphatic rings. The van der Waals surface area contributed by atoms with Gasteiger partial charge in [0.25, 0.3) is 0 Å². The van der Waals surface area contributed by atoms with Gasteiger partial charge in [0.15, 0.2) is 11.6 Å². The molecular weight excluding hydrogens is 427 g/mol. The molecule has 2 aromatic carbocycles. The fourth-order valence-corrected chi connectivity index (χ4v) is 3.61. The van der Waals surface area contributed by atoms with E-state index < -0.39 is 60.3 Å². The van der Waals surface area contributed by atoms with Crippen LogP contribution in [-0.4, -0.2) is 46.8 Å². The molecule has 1 unspecified atom stereocenters. The molecule has 10 heteroatoms. The molecular formula is C21H21F5O5. The molecule has 1 heterocycles. The van der Waals surface area contributed by atoms with E-state index in [0.29, 0.717) is 0 Å². The first-order valence-electron chi connectivity index (χ1n) is 9.36. The Kier molecular flexibility index (Phi) is 6.56. The SMILES string of the molecule is COc1ccc(Cc2cc([C@@H]3O[C@H](C)[C@@H](O)C(O)[C@H]3O)ccc2C(F)(F)F)c(F)c1F. The van der Waals surface area contributed by atoms with Gasteiger partial charge >= 0.3 is 6.18 Å². The lowest BCUT2D eigenvalue weighted by Gasteiger charge is -2.39. The highest BCUT2D eigenvalue weighted by atomic mass is 19.4. The van der Waals surface area contributed by atoms with E-state index in [1.165, 1.54) is 6.92 Å². The molecule has 0 aliphatic carbocycles. The maximum atomic E-state index is 14.4. The Labute approximate surface area is 174 Å². The van der Waals surface area contributed by atoms with Gasteiger partial charge < -0.3 is 24.8 Å². The van der Waals surface area contributed by atoms with Crippen molar-refractivity contribution in [2.45, 2.75) is 50.0 Å². The summed E-state index contributed by atoms with van der Waals surface area (Å²) < 4.78 is 79.1. The first-order chi connectivity index (χ1) is 14.5. The number of aliphatic hydroxyl groups excluding tert-OH is 3. The zero-order chi connectivity index (χ0) is 23.1. The Hall–Kier alpha value is -2.27. The van der Waals surface area contributed by atoms with Crippen LogP contribution < -0.4 is 4.74 Å². The van der Waals surface area contributed by atoms with Gasteiger partial charge in [-0.2, -0.15) is 17.6 Å². The second kappa shape index (κ2) is 8.70. The van der Waals surface area contributed by atoms with Crippen molar-refractivity contribution in [1.29, 1.82) is 0 Å². The molecule has 2 aromatic rings. The fourth-order valence-electron chi connectivity index (χ4n) is 3.61. The lowest BCUT2D eigenvalue weighted by atomic mass is 9.89. The summed E-state index contributed by atoms with van der Waals surface area (Å²) in [5.74, 6) is -3.04. The number of halogens is 5. The normalized spacial score (nSPS) is 26.7. The van der Waals surface area contributed by atoms with Crippen LogP contribution in [0.3, 0.4) is 0 Å². The van der Waals surface area contributed by atoms with Crippen LogP contribution in [0.4, 0.5) is 22.0 Å². The van der Waals surface area contributed by atoms with Crippen molar-refractivity contribution in [2.24, 2.45) is 0 Å². The van der Waals surface area contributed by atoms with Gasteiger partial charge in [0.1, 0.15) is 24.4 Å². The van der Waals surface area contributed by atoms with Crippen molar-refractivity contribution in [3.8, 4) is 5.75 Å². The number of methoxy groups -OCH3 is 1. The highest BCUT2D eigenvalue weighted by Gasteiger charge is 2.43. The van der Waals surface area contributed by atoms with E-state index in [-0.39, 0.29) is 22.4 Å². The van der Waals surface area contributed by atoms with E-state index in [1.807, 2.05) is 0 Å². The molecule has 0 bridgehead atoms. The van der Waals surface area contributed by atoms with Crippen molar-refractivity contribution in [3.05, 3.63) is 64.2 Å². The number of alkyl halides is 3. The second-order valence-corrected chi connectivity index (χ2v) is 7.38. The Morgan fingerprint density at radius 3 is 2.23 bits per heavy atom. The maximum Gasteiger partial charge on any atom is 0.416 e. The van der Waals surface area contributed by atoms with Gasteiger partial charge in [0.05, 0.1) is 18.8 Å². The summed E-state index contributed by atoms with van der Waals surface area (Å²) in [4.78, 5) is 0. The Bertz CT molecular complexity index is 948. The van der Waals surface area contributed by atoms with Crippen LogP contribution in [0, 0.1) is 11.6 Å². The van der Waals surface area contributed by atoms with Gasteiger partial charge in [-0.3, -0.25) is 0 Å². The predicted molar refractivity (Wildman–Crippen MR) is 98.5 cm³/mol. The number of aliphatic hydroxyl groups is 3. The van der Waals surface area contributed by atoms with Gasteiger partial charge in [-0.05, 0) is 35.7 Å². The molecule has 0 amide bonds. The molecule has 1 saturated heterocycles. The van der Waals surface area contributed by atoms with E-state index in [2.05, 4.69) is 4.74 Å². The largest absolute Gasteiger partial charge is 0.494 e. The molecule has 3 N–H and O–H groups in total. The van der Waals surface area contributed by atoms with Gasteiger partial charge in [-0.15, -0.1) is 0 Å². The summed E-state index contributed by atoms with van der Waals surface area (Å²) in [6.07, 6.45) is -12.1. The molecule has 170 valence electrons. The van der Waals surface area contributed by atoms with E-state index >= 15 is 0 Å². The van der Waals surface area contributed by atoms with Crippen molar-refractivity contribution in [1.82, 2.24) is 0 Å². The topological polar surface area (TPSA) is 79.2 Å². The number of ether oxygens (including phenoxy) is 2. The smallest absolute Gasteiger partial charge is 0.416 e. The van der Waals surface area contributed by atoms with Gasteiger partial charge in [0, 0.05) is 6.42 Å². The van der Waals surface area contributed by atoms with Crippen LogP contribution in [0.1, 0.15) is 35.3 Å². The third-order valence-electron chi connectivity index (χ3n) is 5.34. The van der Waals surface area contributed by atoms with Gasteiger partial charge in [0.2, 0.25) is 5.82 Å². The lowest BCUT2D eigenvalue weighted by molar-refractivity contribution is -0.219. The average molecular weight is 448 g/mol. The number of hydrogen-bond acceptors (Lipinski definition) is 5. The summed E-state index contributed by atoms with van der Waals surface area (Å²) in [6, 6.07) is 5.12. The number of hydrogen-bond donors (Lipinski definition) is 3. The number of benzene rings is 2. The first-order valence-corrected chi connectivity index (χ1v) is 9.36. The summed E-state index contributed by atoms with van der Waals surface area (Å²) in [6.45, 7) is 1.44. The van der Waals surface area contributed by atoms with Crippen LogP contribution in [0.2, 0.25) is 0 Å². The molecule has 5 nitrogen and oxygen atoms in total. The summed E-state index contributed by atoms with van der Waals surface area (Å²) >= 11 is 0. The molecule has 5 atom stereocenters. The minimum Gasteiger partial charge on any atom is -0.494 e. The molecule has 3 rings (SSSR count). The zero-order valence-corrected chi connectivity index (χ0v) is 16.5. The molecule has 0 aromatic heterocycles. The van der Waals surface area contributed by atoms with Gasteiger partial charge in [-0.1, -0.05) is 18.2 Å². The van der Waals surface area contributed by atoms with Gasteiger partial charge in [-0.25, -0.2) is 4.39 Å². The summed E-state index contributed by atoms with van der Waals surface area (Å²) in [5, 5.41) is 30.0. The van der Waals surface area contributed by atoms with Crippen molar-refractivity contribution in [2.75, 3.05) is 7.11 Å². The van der Waals surface area contributed by atoms with Crippen LogP contribution in [-0.2, 0) is 17.3 Å². The van der Waals surface area contributed by atoms with Crippen LogP contribution >= 0.6 is 0 Å². The Morgan fingerprint density at radius 1 is 0.935 bits per heavy atom. The average Bonchev–Trinajstić information content (AvgIpc) is 2.72. The molecule has 31 heavy (non-hydrogen) atoms. The third-order valence-corrected chi connectivity index (χ3v) is 5.34. The Balaban J connectivity index is 2.04. The third kappa shape index (κ3) is 4.52. The van der Waals surface area contributed by atoms with Crippen LogP contribution in [0.5, 0.6) is 5.75 Å². The summed E-state index contributed by atoms with van der Waals surface area (Å²) in [5.41, 5.74) is -1.68. The monoisotopic (exact) mass is 448 g/mol. The molecule has 1 aliphatic heterocycles. The first kappa shape index (κ1) is 23.4. The fraction of sp³-hybridized carbons (Fsp3) is 0.429. The molecule has 0 radical (unpaired) electrons. The predicted octanol–water partition coefficient (Wildman–Crippen LogP) is 3.13. The van der Waals surface area contributed by atoms with Crippen molar-refractivity contribution < 1.29 is 46.7 Å².